The SMILES string of the molecule is COCC(CO)NC(C)Cc1cccc(F)c1. The van der Waals surface area contributed by atoms with Crippen LogP contribution in [0.4, 0.5) is 4.39 Å². The predicted octanol–water partition coefficient (Wildman–Crippen LogP) is 1.35. The Balaban J connectivity index is 2.45. The van der Waals surface area contributed by atoms with Gasteiger partial charge in [-0.25, -0.2) is 4.39 Å². The molecule has 0 amide bonds. The van der Waals surface area contributed by atoms with Gasteiger partial charge in [0.1, 0.15) is 5.82 Å². The van der Waals surface area contributed by atoms with Crippen LogP contribution in [0.25, 0.3) is 0 Å². The van der Waals surface area contributed by atoms with E-state index in [1.807, 2.05) is 13.0 Å². The normalized spacial score (nSPS) is 14.6. The zero-order valence-corrected chi connectivity index (χ0v) is 10.3. The van der Waals surface area contributed by atoms with Gasteiger partial charge in [0.15, 0.2) is 0 Å². The molecule has 2 atom stereocenters. The fourth-order valence-electron chi connectivity index (χ4n) is 1.83. The van der Waals surface area contributed by atoms with E-state index >= 15 is 0 Å². The standard InChI is InChI=1S/C13H20FNO2/c1-10(15-13(8-16)9-17-2)6-11-4-3-5-12(14)7-11/h3-5,7,10,13,15-16H,6,8-9H2,1-2H3. The third kappa shape index (κ3) is 5.26. The van der Waals surface area contributed by atoms with Crippen LogP contribution in [0.3, 0.4) is 0 Å². The molecular weight excluding hydrogens is 221 g/mol. The second-order valence-corrected chi connectivity index (χ2v) is 4.24. The molecule has 0 aromatic heterocycles. The third-order valence-corrected chi connectivity index (χ3v) is 2.54. The maximum absolute atomic E-state index is 13.0. The highest BCUT2D eigenvalue weighted by Gasteiger charge is 2.11. The Bertz CT molecular complexity index is 333. The molecule has 0 radical (unpaired) electrons. The van der Waals surface area contributed by atoms with E-state index in [0.717, 1.165) is 12.0 Å². The number of halogens is 1. The number of ether oxygens (including phenoxy) is 1. The Morgan fingerprint density at radius 1 is 1.47 bits per heavy atom. The van der Waals surface area contributed by atoms with Gasteiger partial charge in [-0.1, -0.05) is 12.1 Å². The molecule has 0 fully saturated rings. The molecule has 0 saturated carbocycles. The average molecular weight is 241 g/mol. The number of aliphatic hydroxyl groups is 1. The highest BCUT2D eigenvalue weighted by molar-refractivity contribution is 5.17. The van der Waals surface area contributed by atoms with E-state index in [1.165, 1.54) is 12.1 Å². The lowest BCUT2D eigenvalue weighted by Crippen LogP contribution is -2.42. The topological polar surface area (TPSA) is 41.5 Å². The molecule has 0 aliphatic carbocycles. The highest BCUT2D eigenvalue weighted by Crippen LogP contribution is 2.06. The summed E-state index contributed by atoms with van der Waals surface area (Å²) in [7, 11) is 1.60. The summed E-state index contributed by atoms with van der Waals surface area (Å²) in [4.78, 5) is 0. The first-order valence-corrected chi connectivity index (χ1v) is 5.76. The molecule has 2 unspecified atom stereocenters. The van der Waals surface area contributed by atoms with Gasteiger partial charge >= 0.3 is 0 Å². The molecule has 1 aromatic rings. The molecule has 96 valence electrons. The Hall–Kier alpha value is -0.970. The minimum atomic E-state index is -0.217. The summed E-state index contributed by atoms with van der Waals surface area (Å²) in [5.41, 5.74) is 0.944. The molecule has 0 bridgehead atoms. The Kier molecular flexibility index (Phi) is 6.11. The summed E-state index contributed by atoms with van der Waals surface area (Å²) in [5, 5.41) is 12.4. The van der Waals surface area contributed by atoms with Crippen LogP contribution in [0, 0.1) is 5.82 Å². The van der Waals surface area contributed by atoms with Crippen molar-refractivity contribution in [3.8, 4) is 0 Å². The van der Waals surface area contributed by atoms with E-state index in [9.17, 15) is 4.39 Å². The van der Waals surface area contributed by atoms with Gasteiger partial charge in [-0.2, -0.15) is 0 Å². The molecule has 1 aromatic carbocycles. The van der Waals surface area contributed by atoms with Crippen molar-refractivity contribution in [3.63, 3.8) is 0 Å². The van der Waals surface area contributed by atoms with Gasteiger partial charge in [-0.15, -0.1) is 0 Å². The van der Waals surface area contributed by atoms with Crippen LogP contribution in [0.2, 0.25) is 0 Å². The molecular formula is C13H20FNO2. The first kappa shape index (κ1) is 14.1. The van der Waals surface area contributed by atoms with Crippen molar-refractivity contribution in [2.75, 3.05) is 20.3 Å². The van der Waals surface area contributed by atoms with E-state index in [1.54, 1.807) is 13.2 Å². The number of methoxy groups -OCH3 is 1. The number of hydrogen-bond donors (Lipinski definition) is 2. The van der Waals surface area contributed by atoms with Crippen LogP contribution in [0.15, 0.2) is 24.3 Å². The number of rotatable bonds is 7. The van der Waals surface area contributed by atoms with Crippen LogP contribution in [0.5, 0.6) is 0 Å². The monoisotopic (exact) mass is 241 g/mol. The minimum absolute atomic E-state index is 0.0291. The van der Waals surface area contributed by atoms with Gasteiger partial charge in [-0.05, 0) is 31.0 Å². The molecule has 4 heteroatoms. The number of benzene rings is 1. The largest absolute Gasteiger partial charge is 0.395 e. The Labute approximate surface area is 102 Å². The molecule has 0 heterocycles. The second kappa shape index (κ2) is 7.37. The quantitative estimate of drug-likeness (QED) is 0.757. The van der Waals surface area contributed by atoms with Gasteiger partial charge in [0.2, 0.25) is 0 Å². The van der Waals surface area contributed by atoms with Gasteiger partial charge in [-0.3, -0.25) is 0 Å². The summed E-state index contributed by atoms with van der Waals surface area (Å²) in [6, 6.07) is 6.64. The van der Waals surface area contributed by atoms with Crippen LogP contribution in [-0.2, 0) is 11.2 Å². The molecule has 0 spiro atoms. The number of hydrogen-bond acceptors (Lipinski definition) is 3. The maximum Gasteiger partial charge on any atom is 0.123 e. The van der Waals surface area contributed by atoms with Crippen LogP contribution < -0.4 is 5.32 Å². The molecule has 2 N–H and O–H groups in total. The van der Waals surface area contributed by atoms with E-state index in [0.29, 0.717) is 6.61 Å². The van der Waals surface area contributed by atoms with Crippen molar-refractivity contribution >= 4 is 0 Å². The lowest BCUT2D eigenvalue weighted by molar-refractivity contribution is 0.123. The summed E-state index contributed by atoms with van der Waals surface area (Å²) in [6.07, 6.45) is 0.720. The number of aliphatic hydroxyl groups excluding tert-OH is 1. The van der Waals surface area contributed by atoms with E-state index in [4.69, 9.17) is 9.84 Å². The van der Waals surface area contributed by atoms with Gasteiger partial charge in [0.25, 0.3) is 0 Å². The fraction of sp³-hybridized carbons (Fsp3) is 0.538. The lowest BCUT2D eigenvalue weighted by Gasteiger charge is -2.21. The molecule has 0 saturated heterocycles. The van der Waals surface area contributed by atoms with Crippen LogP contribution in [0.1, 0.15) is 12.5 Å². The van der Waals surface area contributed by atoms with Crippen LogP contribution >= 0.6 is 0 Å². The summed E-state index contributed by atoms with van der Waals surface area (Å²) in [5.74, 6) is -0.217. The van der Waals surface area contributed by atoms with Crippen molar-refractivity contribution in [2.24, 2.45) is 0 Å². The zero-order valence-electron chi connectivity index (χ0n) is 10.3. The van der Waals surface area contributed by atoms with Crippen molar-refractivity contribution < 1.29 is 14.2 Å². The smallest absolute Gasteiger partial charge is 0.123 e. The zero-order chi connectivity index (χ0) is 12.7. The summed E-state index contributed by atoms with van der Waals surface area (Å²) in [6.45, 7) is 2.49. The van der Waals surface area contributed by atoms with E-state index in [2.05, 4.69) is 5.32 Å². The number of nitrogens with one attached hydrogen (secondary N) is 1. The molecule has 17 heavy (non-hydrogen) atoms. The van der Waals surface area contributed by atoms with Crippen molar-refractivity contribution in [1.29, 1.82) is 0 Å². The lowest BCUT2D eigenvalue weighted by atomic mass is 10.1. The van der Waals surface area contributed by atoms with Gasteiger partial charge in [0.05, 0.1) is 19.3 Å². The fourth-order valence-corrected chi connectivity index (χ4v) is 1.83. The second-order valence-electron chi connectivity index (χ2n) is 4.24. The molecule has 0 aliphatic heterocycles. The molecule has 3 nitrogen and oxygen atoms in total. The maximum atomic E-state index is 13.0. The summed E-state index contributed by atoms with van der Waals surface area (Å²) >= 11 is 0. The summed E-state index contributed by atoms with van der Waals surface area (Å²) < 4.78 is 18.0. The molecule has 1 rings (SSSR count). The van der Waals surface area contributed by atoms with E-state index < -0.39 is 0 Å². The van der Waals surface area contributed by atoms with Crippen molar-refractivity contribution in [1.82, 2.24) is 5.32 Å². The van der Waals surface area contributed by atoms with E-state index in [-0.39, 0.29) is 24.5 Å². The predicted molar refractivity (Wildman–Crippen MR) is 65.5 cm³/mol. The Morgan fingerprint density at radius 2 is 2.24 bits per heavy atom. The average Bonchev–Trinajstić information content (AvgIpc) is 2.28. The first-order chi connectivity index (χ1) is 8.15. The Morgan fingerprint density at radius 3 is 2.82 bits per heavy atom. The van der Waals surface area contributed by atoms with Crippen LogP contribution in [-0.4, -0.2) is 37.5 Å². The highest BCUT2D eigenvalue weighted by atomic mass is 19.1. The minimum Gasteiger partial charge on any atom is -0.395 e. The van der Waals surface area contributed by atoms with Crippen molar-refractivity contribution in [3.05, 3.63) is 35.6 Å². The first-order valence-electron chi connectivity index (χ1n) is 5.76. The van der Waals surface area contributed by atoms with Gasteiger partial charge < -0.3 is 15.2 Å². The molecule has 0 aliphatic rings. The van der Waals surface area contributed by atoms with Gasteiger partial charge in [0, 0.05) is 13.2 Å². The van der Waals surface area contributed by atoms with Crippen molar-refractivity contribution in [2.45, 2.75) is 25.4 Å². The third-order valence-electron chi connectivity index (χ3n) is 2.54.